The first-order valence-electron chi connectivity index (χ1n) is 11.6. The number of hydrogen-bond acceptors (Lipinski definition) is 7. The summed E-state index contributed by atoms with van der Waals surface area (Å²) in [6, 6.07) is 11.6. The van der Waals surface area contributed by atoms with Crippen LogP contribution in [0.3, 0.4) is 0 Å². The molecule has 5 rings (SSSR count). The first-order chi connectivity index (χ1) is 16.5. The molecule has 1 unspecified atom stereocenters. The van der Waals surface area contributed by atoms with E-state index < -0.39 is 0 Å². The van der Waals surface area contributed by atoms with Crippen molar-refractivity contribution in [3.8, 4) is 11.3 Å². The molecule has 1 saturated heterocycles. The van der Waals surface area contributed by atoms with Crippen molar-refractivity contribution in [3.63, 3.8) is 0 Å². The van der Waals surface area contributed by atoms with Gasteiger partial charge in [0.05, 0.1) is 5.69 Å². The molecule has 0 spiro atoms. The third-order valence-electron chi connectivity index (χ3n) is 6.37. The van der Waals surface area contributed by atoms with E-state index in [-0.39, 0.29) is 29.2 Å². The maximum atomic E-state index is 13.6. The molecule has 1 aliphatic heterocycles. The fourth-order valence-corrected chi connectivity index (χ4v) is 4.62. The number of aryl methyl sites for hydroxylation is 1. The Morgan fingerprint density at radius 1 is 1.09 bits per heavy atom. The lowest BCUT2D eigenvalue weighted by atomic mass is 10.1. The lowest BCUT2D eigenvalue weighted by Crippen LogP contribution is -2.44. The van der Waals surface area contributed by atoms with Crippen molar-refractivity contribution in [2.24, 2.45) is 12.8 Å². The Kier molecular flexibility index (Phi) is 5.74. The van der Waals surface area contributed by atoms with Crippen LogP contribution < -0.4 is 21.8 Å². The zero-order valence-corrected chi connectivity index (χ0v) is 19.4. The molecule has 34 heavy (non-hydrogen) atoms. The van der Waals surface area contributed by atoms with Crippen molar-refractivity contribution < 1.29 is 0 Å². The van der Waals surface area contributed by atoms with E-state index in [2.05, 4.69) is 19.9 Å². The maximum absolute atomic E-state index is 13.6. The summed E-state index contributed by atoms with van der Waals surface area (Å²) >= 11 is 0. The topological polar surface area (TPSA) is 117 Å². The zero-order valence-electron chi connectivity index (χ0n) is 19.4. The molecule has 0 radical (unpaired) electrons. The summed E-state index contributed by atoms with van der Waals surface area (Å²) in [5.74, 6) is 1.07. The first-order valence-corrected chi connectivity index (χ1v) is 11.6. The van der Waals surface area contributed by atoms with Gasteiger partial charge in [0.2, 0.25) is 5.95 Å². The predicted molar refractivity (Wildman–Crippen MR) is 131 cm³/mol. The van der Waals surface area contributed by atoms with Crippen molar-refractivity contribution in [3.05, 3.63) is 69.1 Å². The second-order valence-electron chi connectivity index (χ2n) is 8.62. The van der Waals surface area contributed by atoms with E-state index in [4.69, 9.17) is 5.73 Å². The summed E-state index contributed by atoms with van der Waals surface area (Å²) in [5, 5.41) is 0. The molecule has 4 heterocycles. The normalized spacial score (nSPS) is 16.3. The number of imidazole rings is 1. The van der Waals surface area contributed by atoms with Gasteiger partial charge in [0.25, 0.3) is 11.1 Å². The Bertz CT molecular complexity index is 1450. The van der Waals surface area contributed by atoms with Gasteiger partial charge in [-0.05, 0) is 25.8 Å². The van der Waals surface area contributed by atoms with Gasteiger partial charge in [0, 0.05) is 44.5 Å². The van der Waals surface area contributed by atoms with E-state index in [0.29, 0.717) is 30.4 Å². The molecular formula is C24H28N8O2. The number of nitrogens with zero attached hydrogens (tertiary/aromatic N) is 7. The molecule has 1 atom stereocenters. The van der Waals surface area contributed by atoms with Crippen molar-refractivity contribution in [2.75, 3.05) is 18.0 Å². The lowest BCUT2D eigenvalue weighted by molar-refractivity contribution is 0.489. The van der Waals surface area contributed by atoms with Gasteiger partial charge in [0.1, 0.15) is 17.9 Å². The summed E-state index contributed by atoms with van der Waals surface area (Å²) in [7, 11) is 1.58. The summed E-state index contributed by atoms with van der Waals surface area (Å²) in [4.78, 5) is 42.6. The van der Waals surface area contributed by atoms with Crippen LogP contribution in [0, 0.1) is 0 Å². The van der Waals surface area contributed by atoms with E-state index in [9.17, 15) is 9.59 Å². The molecule has 0 amide bonds. The molecular weight excluding hydrogens is 432 g/mol. The van der Waals surface area contributed by atoms with E-state index >= 15 is 0 Å². The Balaban J connectivity index is 1.61. The van der Waals surface area contributed by atoms with Crippen LogP contribution in [0.25, 0.3) is 22.3 Å². The van der Waals surface area contributed by atoms with Gasteiger partial charge in [-0.2, -0.15) is 0 Å². The summed E-state index contributed by atoms with van der Waals surface area (Å²) in [6.45, 7) is 3.98. The molecule has 0 bridgehead atoms. The second kappa shape index (κ2) is 8.86. The number of nitrogens with two attached hydrogens (primary N) is 1. The van der Waals surface area contributed by atoms with Crippen LogP contribution in [-0.4, -0.2) is 48.0 Å². The molecule has 0 aliphatic carbocycles. The Morgan fingerprint density at radius 3 is 2.62 bits per heavy atom. The van der Waals surface area contributed by atoms with Gasteiger partial charge in [-0.25, -0.2) is 24.3 Å². The van der Waals surface area contributed by atoms with E-state index in [1.165, 1.54) is 9.36 Å². The van der Waals surface area contributed by atoms with Gasteiger partial charge in [0.15, 0.2) is 5.52 Å². The number of rotatable bonds is 5. The van der Waals surface area contributed by atoms with Crippen LogP contribution in [0.5, 0.6) is 0 Å². The fourth-order valence-electron chi connectivity index (χ4n) is 4.62. The highest BCUT2D eigenvalue weighted by Crippen LogP contribution is 2.22. The van der Waals surface area contributed by atoms with Crippen LogP contribution in [0.4, 0.5) is 5.95 Å². The average Bonchev–Trinajstić information content (AvgIpc) is 3.26. The Hall–Kier alpha value is -3.79. The molecule has 1 aromatic carbocycles. The van der Waals surface area contributed by atoms with Crippen LogP contribution in [0.1, 0.15) is 25.6 Å². The van der Waals surface area contributed by atoms with Crippen LogP contribution in [-0.2, 0) is 20.1 Å². The highest BCUT2D eigenvalue weighted by Gasteiger charge is 2.26. The third-order valence-corrected chi connectivity index (χ3v) is 6.37. The molecule has 1 aliphatic rings. The molecule has 1 fully saturated rings. The number of fused-ring (bicyclic) bond motifs is 1. The SMILES string of the molecule is CCn1c(N2CCCC(N)C2)nc2c(=O)n(C)n(Cc3nccc(-c4ccccc4)n3)c(=O)c21. The second-order valence-corrected chi connectivity index (χ2v) is 8.62. The van der Waals surface area contributed by atoms with Crippen molar-refractivity contribution >= 4 is 17.0 Å². The molecule has 0 saturated carbocycles. The minimum absolute atomic E-state index is 0.0485. The van der Waals surface area contributed by atoms with Crippen molar-refractivity contribution in [2.45, 2.75) is 38.9 Å². The van der Waals surface area contributed by atoms with Crippen molar-refractivity contribution in [1.82, 2.24) is 28.9 Å². The lowest BCUT2D eigenvalue weighted by Gasteiger charge is -2.31. The number of benzene rings is 1. The first kappa shape index (κ1) is 22.0. The molecule has 10 nitrogen and oxygen atoms in total. The molecule has 176 valence electrons. The minimum atomic E-state index is -0.330. The van der Waals surface area contributed by atoms with Gasteiger partial charge in [-0.3, -0.25) is 9.59 Å². The predicted octanol–water partition coefficient (Wildman–Crippen LogP) is 1.35. The zero-order chi connectivity index (χ0) is 23.8. The van der Waals surface area contributed by atoms with Gasteiger partial charge >= 0.3 is 0 Å². The average molecular weight is 461 g/mol. The minimum Gasteiger partial charge on any atom is -0.341 e. The summed E-state index contributed by atoms with van der Waals surface area (Å²) in [6.07, 6.45) is 3.57. The van der Waals surface area contributed by atoms with Crippen LogP contribution in [0.2, 0.25) is 0 Å². The van der Waals surface area contributed by atoms with Gasteiger partial charge in [-0.15, -0.1) is 0 Å². The summed E-state index contributed by atoms with van der Waals surface area (Å²) in [5.41, 5.74) is 7.74. The van der Waals surface area contributed by atoms with Crippen LogP contribution >= 0.6 is 0 Å². The van der Waals surface area contributed by atoms with Gasteiger partial charge in [-0.1, -0.05) is 30.3 Å². The largest absolute Gasteiger partial charge is 0.341 e. The molecule has 10 heteroatoms. The highest BCUT2D eigenvalue weighted by atomic mass is 16.2. The molecule has 2 N–H and O–H groups in total. The van der Waals surface area contributed by atoms with E-state index in [1.54, 1.807) is 13.2 Å². The number of aromatic nitrogens is 6. The van der Waals surface area contributed by atoms with E-state index in [1.807, 2.05) is 47.9 Å². The van der Waals surface area contributed by atoms with Crippen LogP contribution in [0.15, 0.2) is 52.2 Å². The van der Waals surface area contributed by atoms with Crippen molar-refractivity contribution in [1.29, 1.82) is 0 Å². The summed E-state index contributed by atoms with van der Waals surface area (Å²) < 4.78 is 4.52. The number of anilines is 1. The quantitative estimate of drug-likeness (QED) is 0.478. The van der Waals surface area contributed by atoms with Gasteiger partial charge < -0.3 is 15.2 Å². The maximum Gasteiger partial charge on any atom is 0.293 e. The molecule has 3 aromatic heterocycles. The van der Waals surface area contributed by atoms with E-state index in [0.717, 1.165) is 30.6 Å². The number of piperidine rings is 1. The monoisotopic (exact) mass is 460 g/mol. The fraction of sp³-hybridized carbons (Fsp3) is 0.375. The number of hydrogen-bond donors (Lipinski definition) is 1. The Morgan fingerprint density at radius 2 is 1.88 bits per heavy atom. The Labute approximate surface area is 196 Å². The molecule has 4 aromatic rings. The standard InChI is InChI=1S/C24H28N8O2/c1-3-31-21-20(28-24(31)30-13-7-10-17(25)14-30)22(33)29(2)32(23(21)34)15-19-26-12-11-18(27-19)16-8-5-4-6-9-16/h4-6,8-9,11-12,17H,3,7,10,13-15,25H2,1-2H3. The third kappa shape index (κ3) is 3.79. The smallest absolute Gasteiger partial charge is 0.293 e. The highest BCUT2D eigenvalue weighted by molar-refractivity contribution is 5.77.